The molecule has 1 amide bonds. The molecular weight excluding hydrogens is 252 g/mol. The van der Waals surface area contributed by atoms with E-state index in [4.69, 9.17) is 16.3 Å². The van der Waals surface area contributed by atoms with E-state index in [1.807, 2.05) is 32.2 Å². The molecule has 2 rings (SSSR count). The van der Waals surface area contributed by atoms with Crippen molar-refractivity contribution in [1.82, 2.24) is 5.32 Å². The second-order valence-corrected chi connectivity index (χ2v) is 4.78. The van der Waals surface area contributed by atoms with Crippen molar-refractivity contribution in [3.8, 4) is 0 Å². The lowest BCUT2D eigenvalue weighted by Crippen LogP contribution is -2.53. The van der Waals surface area contributed by atoms with Crippen molar-refractivity contribution in [2.45, 2.75) is 13.0 Å². The van der Waals surface area contributed by atoms with Crippen LogP contribution in [-0.4, -0.2) is 38.8 Å². The van der Waals surface area contributed by atoms with Crippen LogP contribution in [0.15, 0.2) is 18.2 Å². The zero-order valence-electron chi connectivity index (χ0n) is 10.6. The van der Waals surface area contributed by atoms with E-state index < -0.39 is 0 Å². The van der Waals surface area contributed by atoms with Gasteiger partial charge in [0.15, 0.2) is 0 Å². The molecule has 5 heteroatoms. The van der Waals surface area contributed by atoms with Crippen LogP contribution in [0.5, 0.6) is 0 Å². The summed E-state index contributed by atoms with van der Waals surface area (Å²) in [5, 5.41) is 3.76. The number of halogens is 1. The highest BCUT2D eigenvalue weighted by Gasteiger charge is 2.30. The SMILES string of the molecule is CNCC1COCC(=O)N1c1cccc(Cl)c1C. The first-order valence-electron chi connectivity index (χ1n) is 5.94. The Morgan fingerprint density at radius 1 is 1.56 bits per heavy atom. The van der Waals surface area contributed by atoms with E-state index in [0.29, 0.717) is 18.2 Å². The standard InChI is InChI=1S/C13H17ClN2O2/c1-9-11(14)4-3-5-12(9)16-10(6-15-2)7-18-8-13(16)17/h3-5,10,15H,6-8H2,1-2H3. The highest BCUT2D eigenvalue weighted by molar-refractivity contribution is 6.31. The summed E-state index contributed by atoms with van der Waals surface area (Å²) in [6.07, 6.45) is 0. The molecule has 98 valence electrons. The lowest BCUT2D eigenvalue weighted by Gasteiger charge is -2.36. The van der Waals surface area contributed by atoms with Crippen molar-refractivity contribution >= 4 is 23.2 Å². The maximum atomic E-state index is 12.1. The van der Waals surface area contributed by atoms with Crippen molar-refractivity contribution in [2.24, 2.45) is 0 Å². The maximum absolute atomic E-state index is 12.1. The van der Waals surface area contributed by atoms with Crippen molar-refractivity contribution < 1.29 is 9.53 Å². The van der Waals surface area contributed by atoms with Crippen LogP contribution in [0, 0.1) is 6.92 Å². The molecular formula is C13H17ClN2O2. The van der Waals surface area contributed by atoms with Gasteiger partial charge in [-0.1, -0.05) is 17.7 Å². The third-order valence-electron chi connectivity index (χ3n) is 3.11. The van der Waals surface area contributed by atoms with Gasteiger partial charge in [0.2, 0.25) is 0 Å². The number of hydrogen-bond acceptors (Lipinski definition) is 3. The molecule has 1 N–H and O–H groups in total. The molecule has 1 aliphatic rings. The number of likely N-dealkylation sites (N-methyl/N-ethyl adjacent to an activating group) is 1. The van der Waals surface area contributed by atoms with Crippen LogP contribution < -0.4 is 10.2 Å². The van der Waals surface area contributed by atoms with Gasteiger partial charge in [-0.15, -0.1) is 0 Å². The largest absolute Gasteiger partial charge is 0.369 e. The van der Waals surface area contributed by atoms with E-state index in [1.165, 1.54) is 0 Å². The number of carbonyl (C=O) groups excluding carboxylic acids is 1. The summed E-state index contributed by atoms with van der Waals surface area (Å²) in [5.74, 6) is -0.0214. The first-order valence-corrected chi connectivity index (χ1v) is 6.32. The molecule has 1 aromatic carbocycles. The molecule has 0 radical (unpaired) electrons. The fraction of sp³-hybridized carbons (Fsp3) is 0.462. The van der Waals surface area contributed by atoms with Gasteiger partial charge in [0, 0.05) is 17.3 Å². The summed E-state index contributed by atoms with van der Waals surface area (Å²) in [5.41, 5.74) is 1.80. The van der Waals surface area contributed by atoms with E-state index in [2.05, 4.69) is 5.32 Å². The Kier molecular flexibility index (Phi) is 4.22. The fourth-order valence-electron chi connectivity index (χ4n) is 2.20. The van der Waals surface area contributed by atoms with Crippen LogP contribution in [-0.2, 0) is 9.53 Å². The van der Waals surface area contributed by atoms with Gasteiger partial charge < -0.3 is 15.0 Å². The molecule has 18 heavy (non-hydrogen) atoms. The number of ether oxygens (including phenoxy) is 1. The van der Waals surface area contributed by atoms with Gasteiger partial charge in [0.25, 0.3) is 5.91 Å². The van der Waals surface area contributed by atoms with Gasteiger partial charge >= 0.3 is 0 Å². The van der Waals surface area contributed by atoms with Gasteiger partial charge in [-0.05, 0) is 31.7 Å². The van der Waals surface area contributed by atoms with Crippen LogP contribution in [0.2, 0.25) is 5.02 Å². The molecule has 1 saturated heterocycles. The van der Waals surface area contributed by atoms with Gasteiger partial charge in [-0.25, -0.2) is 0 Å². The van der Waals surface area contributed by atoms with Crippen LogP contribution in [0.3, 0.4) is 0 Å². The monoisotopic (exact) mass is 268 g/mol. The van der Waals surface area contributed by atoms with Gasteiger partial charge in [-0.3, -0.25) is 4.79 Å². The van der Waals surface area contributed by atoms with Crippen LogP contribution in [0.4, 0.5) is 5.69 Å². The summed E-state index contributed by atoms with van der Waals surface area (Å²) in [7, 11) is 1.86. The van der Waals surface area contributed by atoms with Crippen molar-refractivity contribution in [1.29, 1.82) is 0 Å². The zero-order valence-corrected chi connectivity index (χ0v) is 11.3. The number of nitrogens with zero attached hydrogens (tertiary/aromatic N) is 1. The second-order valence-electron chi connectivity index (χ2n) is 4.37. The van der Waals surface area contributed by atoms with Crippen molar-refractivity contribution in [2.75, 3.05) is 31.7 Å². The molecule has 0 saturated carbocycles. The van der Waals surface area contributed by atoms with Gasteiger partial charge in [-0.2, -0.15) is 0 Å². The van der Waals surface area contributed by atoms with Gasteiger partial charge in [0.1, 0.15) is 6.61 Å². The molecule has 1 fully saturated rings. The molecule has 1 heterocycles. The lowest BCUT2D eigenvalue weighted by molar-refractivity contribution is -0.127. The molecule has 1 atom stereocenters. The fourth-order valence-corrected chi connectivity index (χ4v) is 2.37. The first kappa shape index (κ1) is 13.3. The Bertz CT molecular complexity index is 449. The lowest BCUT2D eigenvalue weighted by atomic mass is 10.1. The summed E-state index contributed by atoms with van der Waals surface area (Å²) < 4.78 is 5.30. The molecule has 0 bridgehead atoms. The Labute approximate surface area is 112 Å². The predicted molar refractivity (Wildman–Crippen MR) is 72.2 cm³/mol. The third kappa shape index (κ3) is 2.51. The third-order valence-corrected chi connectivity index (χ3v) is 3.52. The Hall–Kier alpha value is -1.10. The predicted octanol–water partition coefficient (Wildman–Crippen LogP) is 1.60. The Balaban J connectivity index is 2.37. The molecule has 0 aromatic heterocycles. The second kappa shape index (κ2) is 5.69. The minimum absolute atomic E-state index is 0.00779. The normalized spacial score (nSPS) is 20.3. The number of amides is 1. The summed E-state index contributed by atoms with van der Waals surface area (Å²) >= 11 is 6.12. The molecule has 0 spiro atoms. The summed E-state index contributed by atoms with van der Waals surface area (Å²) in [6.45, 7) is 3.29. The van der Waals surface area contributed by atoms with Gasteiger partial charge in [0.05, 0.1) is 12.6 Å². The molecule has 1 aromatic rings. The highest BCUT2D eigenvalue weighted by Crippen LogP contribution is 2.29. The number of benzene rings is 1. The van der Waals surface area contributed by atoms with Crippen LogP contribution >= 0.6 is 11.6 Å². The Morgan fingerprint density at radius 3 is 3.06 bits per heavy atom. The van der Waals surface area contributed by atoms with Crippen molar-refractivity contribution in [3.05, 3.63) is 28.8 Å². The number of anilines is 1. The maximum Gasteiger partial charge on any atom is 0.253 e. The first-order chi connectivity index (χ1) is 8.65. The van der Waals surface area contributed by atoms with Crippen molar-refractivity contribution in [3.63, 3.8) is 0 Å². The number of carbonyl (C=O) groups is 1. The van der Waals surface area contributed by atoms with Crippen LogP contribution in [0.1, 0.15) is 5.56 Å². The van der Waals surface area contributed by atoms with Crippen LogP contribution in [0.25, 0.3) is 0 Å². The summed E-state index contributed by atoms with van der Waals surface area (Å²) in [6, 6.07) is 5.63. The smallest absolute Gasteiger partial charge is 0.253 e. The number of morpholine rings is 1. The zero-order chi connectivity index (χ0) is 13.1. The number of rotatable bonds is 3. The molecule has 1 aliphatic heterocycles. The minimum atomic E-state index is -0.0214. The van der Waals surface area contributed by atoms with E-state index in [0.717, 1.165) is 11.3 Å². The quantitative estimate of drug-likeness (QED) is 0.905. The minimum Gasteiger partial charge on any atom is -0.369 e. The molecule has 4 nitrogen and oxygen atoms in total. The highest BCUT2D eigenvalue weighted by atomic mass is 35.5. The van der Waals surface area contributed by atoms with E-state index in [1.54, 1.807) is 4.90 Å². The number of hydrogen-bond donors (Lipinski definition) is 1. The topological polar surface area (TPSA) is 41.6 Å². The molecule has 1 unspecified atom stereocenters. The number of nitrogens with one attached hydrogen (secondary N) is 1. The van der Waals surface area contributed by atoms with E-state index in [9.17, 15) is 4.79 Å². The summed E-state index contributed by atoms with van der Waals surface area (Å²) in [4.78, 5) is 13.9. The van der Waals surface area contributed by atoms with E-state index >= 15 is 0 Å². The Morgan fingerprint density at radius 2 is 2.33 bits per heavy atom. The molecule has 0 aliphatic carbocycles. The average molecular weight is 269 g/mol. The van der Waals surface area contributed by atoms with E-state index in [-0.39, 0.29) is 18.6 Å². The average Bonchev–Trinajstić information content (AvgIpc) is 2.34.